The van der Waals surface area contributed by atoms with Crippen molar-refractivity contribution < 1.29 is 9.59 Å². The number of piperidine rings is 2. The quantitative estimate of drug-likeness (QED) is 0.748. The minimum absolute atomic E-state index is 0.120. The van der Waals surface area contributed by atoms with Gasteiger partial charge in [0.05, 0.1) is 16.1 Å². The maximum absolute atomic E-state index is 13.3. The minimum Gasteiger partial charge on any atom is -0.338 e. The van der Waals surface area contributed by atoms with Gasteiger partial charge >= 0.3 is 0 Å². The number of pyridine rings is 1. The van der Waals surface area contributed by atoms with Crippen LogP contribution in [-0.4, -0.2) is 52.3 Å². The molecule has 4 heterocycles. The second-order valence-electron chi connectivity index (χ2n) is 8.27. The highest BCUT2D eigenvalue weighted by Crippen LogP contribution is 2.32. The minimum atomic E-state index is 0.120. The third-order valence-corrected chi connectivity index (χ3v) is 7.12. The van der Waals surface area contributed by atoms with Crippen molar-refractivity contribution in [1.29, 1.82) is 0 Å². The number of hydrogen-bond acceptors (Lipinski definition) is 4. The van der Waals surface area contributed by atoms with Gasteiger partial charge in [-0.3, -0.25) is 14.6 Å². The molecule has 1 atom stereocenters. The normalized spacial score (nSPS) is 20.7. The monoisotopic (exact) mass is 411 g/mol. The number of aryl methyl sites for hydroxylation is 1. The lowest BCUT2D eigenvalue weighted by atomic mass is 9.89. The number of thiophene rings is 1. The Balaban J connectivity index is 1.51. The molecule has 2 fully saturated rings. The van der Waals surface area contributed by atoms with Crippen molar-refractivity contribution in [1.82, 2.24) is 14.8 Å². The van der Waals surface area contributed by atoms with Crippen LogP contribution < -0.4 is 0 Å². The second-order valence-corrected chi connectivity index (χ2v) is 9.22. The molecule has 0 aliphatic carbocycles. The van der Waals surface area contributed by atoms with E-state index in [1.807, 2.05) is 46.4 Å². The van der Waals surface area contributed by atoms with Gasteiger partial charge in [0.2, 0.25) is 0 Å². The molecular weight excluding hydrogens is 382 g/mol. The van der Waals surface area contributed by atoms with E-state index in [1.165, 1.54) is 17.8 Å². The lowest BCUT2D eigenvalue weighted by Crippen LogP contribution is -2.43. The molecule has 2 aromatic heterocycles. The van der Waals surface area contributed by atoms with Gasteiger partial charge in [0.25, 0.3) is 11.8 Å². The highest BCUT2D eigenvalue weighted by atomic mass is 32.1. The van der Waals surface area contributed by atoms with E-state index in [0.717, 1.165) is 54.1 Å². The van der Waals surface area contributed by atoms with E-state index in [1.54, 1.807) is 0 Å². The van der Waals surface area contributed by atoms with Crippen molar-refractivity contribution in [2.24, 2.45) is 0 Å². The molecule has 29 heavy (non-hydrogen) atoms. The van der Waals surface area contributed by atoms with Crippen LogP contribution >= 0.6 is 11.3 Å². The molecule has 2 aromatic rings. The van der Waals surface area contributed by atoms with E-state index < -0.39 is 0 Å². The highest BCUT2D eigenvalue weighted by Gasteiger charge is 2.31. The van der Waals surface area contributed by atoms with E-state index in [0.29, 0.717) is 13.1 Å². The lowest BCUT2D eigenvalue weighted by molar-refractivity contribution is 0.0628. The summed E-state index contributed by atoms with van der Waals surface area (Å²) in [6, 6.07) is 8.00. The molecule has 154 valence electrons. The lowest BCUT2D eigenvalue weighted by Gasteiger charge is -2.35. The van der Waals surface area contributed by atoms with Gasteiger partial charge in [-0.2, -0.15) is 0 Å². The molecule has 0 aromatic carbocycles. The number of amides is 2. The van der Waals surface area contributed by atoms with Gasteiger partial charge in [-0.25, -0.2) is 0 Å². The van der Waals surface area contributed by atoms with Crippen LogP contribution in [-0.2, 0) is 0 Å². The number of nitrogens with zero attached hydrogens (tertiary/aromatic N) is 3. The average Bonchev–Trinajstić information content (AvgIpc) is 3.28. The van der Waals surface area contributed by atoms with Crippen LogP contribution in [0.5, 0.6) is 0 Å². The fourth-order valence-electron chi connectivity index (χ4n) is 4.54. The predicted octanol–water partition coefficient (Wildman–Crippen LogP) is 4.49. The number of aromatic nitrogens is 1. The number of rotatable bonds is 3. The van der Waals surface area contributed by atoms with Gasteiger partial charge < -0.3 is 9.80 Å². The Morgan fingerprint density at radius 2 is 1.83 bits per heavy atom. The molecule has 0 radical (unpaired) electrons. The van der Waals surface area contributed by atoms with Gasteiger partial charge in [-0.15, -0.1) is 11.3 Å². The number of hydrogen-bond donors (Lipinski definition) is 0. The molecule has 2 saturated heterocycles. The molecule has 0 N–H and O–H groups in total. The fourth-order valence-corrected chi connectivity index (χ4v) is 5.23. The van der Waals surface area contributed by atoms with Crippen molar-refractivity contribution >= 4 is 23.2 Å². The topological polar surface area (TPSA) is 53.5 Å². The molecule has 2 aliphatic heterocycles. The summed E-state index contributed by atoms with van der Waals surface area (Å²) in [4.78, 5) is 35.5. The summed E-state index contributed by atoms with van der Waals surface area (Å²) in [6.45, 7) is 6.39. The van der Waals surface area contributed by atoms with Crippen LogP contribution in [0.4, 0.5) is 0 Å². The molecule has 0 saturated carbocycles. The Kier molecular flexibility index (Phi) is 5.99. The molecule has 6 heteroatoms. The molecule has 1 unspecified atom stereocenters. The zero-order valence-corrected chi connectivity index (χ0v) is 18.1. The maximum atomic E-state index is 13.3. The third kappa shape index (κ3) is 4.22. The zero-order valence-electron chi connectivity index (χ0n) is 17.3. The summed E-state index contributed by atoms with van der Waals surface area (Å²) in [5.74, 6) is 0.465. The summed E-state index contributed by atoms with van der Waals surface area (Å²) >= 11 is 1.49. The van der Waals surface area contributed by atoms with Crippen molar-refractivity contribution in [2.75, 3.05) is 19.6 Å². The number of carbonyl (C=O) groups is 2. The van der Waals surface area contributed by atoms with Crippen molar-refractivity contribution in [3.05, 3.63) is 51.5 Å². The SMILES string of the molecule is Cc1ccc(C(=O)N2CCCCC2C)c(C2CCN(C(=O)c3cccs3)CC2)n1. The van der Waals surface area contributed by atoms with E-state index in [9.17, 15) is 9.59 Å². The summed E-state index contributed by atoms with van der Waals surface area (Å²) in [5.41, 5.74) is 2.63. The Hall–Kier alpha value is -2.21. The molecule has 4 rings (SSSR count). The smallest absolute Gasteiger partial charge is 0.263 e. The number of carbonyl (C=O) groups excluding carboxylic acids is 2. The fraction of sp³-hybridized carbons (Fsp3) is 0.522. The molecule has 2 amide bonds. The summed E-state index contributed by atoms with van der Waals surface area (Å²) in [5, 5.41) is 1.94. The first kappa shape index (κ1) is 20.1. The van der Waals surface area contributed by atoms with Crippen molar-refractivity contribution in [2.45, 2.75) is 57.9 Å². The average molecular weight is 412 g/mol. The molecule has 5 nitrogen and oxygen atoms in total. The first-order valence-corrected chi connectivity index (χ1v) is 11.5. The second kappa shape index (κ2) is 8.66. The van der Waals surface area contributed by atoms with E-state index in [4.69, 9.17) is 4.98 Å². The molecule has 0 spiro atoms. The van der Waals surface area contributed by atoms with Crippen LogP contribution in [0.3, 0.4) is 0 Å². The Bertz CT molecular complexity index is 872. The van der Waals surface area contributed by atoms with Gasteiger partial charge in [0, 0.05) is 37.3 Å². The Morgan fingerprint density at radius 3 is 2.52 bits per heavy atom. The zero-order chi connectivity index (χ0) is 20.4. The van der Waals surface area contributed by atoms with Gasteiger partial charge in [0.1, 0.15) is 0 Å². The van der Waals surface area contributed by atoms with Crippen LogP contribution in [0, 0.1) is 6.92 Å². The Labute approximate surface area is 176 Å². The van der Waals surface area contributed by atoms with E-state index in [-0.39, 0.29) is 23.8 Å². The first-order valence-electron chi connectivity index (χ1n) is 10.7. The summed E-state index contributed by atoms with van der Waals surface area (Å²) in [7, 11) is 0. The van der Waals surface area contributed by atoms with Crippen LogP contribution in [0.1, 0.15) is 76.4 Å². The molecule has 2 aliphatic rings. The van der Waals surface area contributed by atoms with Crippen LogP contribution in [0.2, 0.25) is 0 Å². The van der Waals surface area contributed by atoms with Crippen molar-refractivity contribution in [3.8, 4) is 0 Å². The van der Waals surface area contributed by atoms with Gasteiger partial charge in [0.15, 0.2) is 0 Å². The Morgan fingerprint density at radius 1 is 1.03 bits per heavy atom. The summed E-state index contributed by atoms with van der Waals surface area (Å²) < 4.78 is 0. The molecular formula is C23H29N3O2S. The number of likely N-dealkylation sites (tertiary alicyclic amines) is 2. The summed E-state index contributed by atoms with van der Waals surface area (Å²) in [6.07, 6.45) is 5.05. The van der Waals surface area contributed by atoms with Crippen LogP contribution in [0.25, 0.3) is 0 Å². The third-order valence-electron chi connectivity index (χ3n) is 6.26. The van der Waals surface area contributed by atoms with Gasteiger partial charge in [-0.1, -0.05) is 6.07 Å². The van der Waals surface area contributed by atoms with Gasteiger partial charge in [-0.05, 0) is 69.5 Å². The predicted molar refractivity (Wildman–Crippen MR) is 116 cm³/mol. The van der Waals surface area contributed by atoms with E-state index in [2.05, 4.69) is 6.92 Å². The highest BCUT2D eigenvalue weighted by molar-refractivity contribution is 7.12. The van der Waals surface area contributed by atoms with Crippen LogP contribution in [0.15, 0.2) is 29.6 Å². The van der Waals surface area contributed by atoms with E-state index >= 15 is 0 Å². The molecule has 0 bridgehead atoms. The van der Waals surface area contributed by atoms with Crippen molar-refractivity contribution in [3.63, 3.8) is 0 Å². The maximum Gasteiger partial charge on any atom is 0.263 e. The largest absolute Gasteiger partial charge is 0.338 e. The first-order chi connectivity index (χ1) is 14.0. The standard InChI is InChI=1S/C23H29N3O2S/c1-16-8-9-19(22(27)26-12-4-3-6-17(26)2)21(24-16)18-10-13-25(14-11-18)23(28)20-7-5-15-29-20/h5,7-9,15,17-18H,3-4,6,10-14H2,1-2H3.